The van der Waals surface area contributed by atoms with Crippen LogP contribution in [0.3, 0.4) is 0 Å². The molecule has 8 aromatic carbocycles. The van der Waals surface area contributed by atoms with Crippen LogP contribution in [-0.2, 0) is 0 Å². The van der Waals surface area contributed by atoms with Crippen molar-refractivity contribution in [2.24, 2.45) is 0 Å². The molecule has 2 heteroatoms. The molecule has 0 aliphatic heterocycles. The Labute approximate surface area is 280 Å². The Morgan fingerprint density at radius 3 is 0.848 bits per heavy atom. The van der Waals surface area contributed by atoms with E-state index in [2.05, 4.69) is 194 Å². The van der Waals surface area contributed by atoms with E-state index in [0.717, 1.165) is 0 Å². The van der Waals surface area contributed by atoms with Crippen molar-refractivity contribution < 1.29 is 0 Å². The van der Waals surface area contributed by atoms with Gasteiger partial charge in [0.2, 0.25) is 0 Å². The van der Waals surface area contributed by atoms with E-state index in [1.54, 1.807) is 0 Å². The van der Waals surface area contributed by atoms with Gasteiger partial charge in [-0.2, -0.15) is 0 Å². The fourth-order valence-electron chi connectivity index (χ4n) is 6.58. The molecule has 0 fully saturated rings. The summed E-state index contributed by atoms with van der Waals surface area (Å²) in [4.78, 5) is 0. The Hall–Kier alpha value is -4.60. The Kier molecular flexibility index (Phi) is 8.16. The standard InChI is InChI=1S/C44H32As2/c1-5-19-35(20-6-1)45(36-21-7-2-8-22-36)41-31-29-33-17-13-15-27-39(33)43(41)44-40-28-16-14-18-34(40)30-32-42(44)46(37-23-9-3-10-24-37)38-25-11-4-12-26-38/h1-32H. The Morgan fingerprint density at radius 1 is 0.239 bits per heavy atom. The molecule has 0 atom stereocenters. The summed E-state index contributed by atoms with van der Waals surface area (Å²) >= 11 is -3.97. The second-order valence-corrected chi connectivity index (χ2v) is 20.5. The summed E-state index contributed by atoms with van der Waals surface area (Å²) < 4.78 is 8.74. The maximum absolute atomic E-state index is 2.46. The van der Waals surface area contributed by atoms with Crippen molar-refractivity contribution in [2.75, 3.05) is 0 Å². The fourth-order valence-corrected chi connectivity index (χ4v) is 17.0. The average molecular weight is 711 g/mol. The predicted octanol–water partition coefficient (Wildman–Crippen LogP) is 6.69. The first-order valence-corrected chi connectivity index (χ1v) is 21.3. The quantitative estimate of drug-likeness (QED) is 0.162. The first-order valence-electron chi connectivity index (χ1n) is 15.7. The zero-order valence-electron chi connectivity index (χ0n) is 25.4. The van der Waals surface area contributed by atoms with Gasteiger partial charge >= 0.3 is 282 Å². The Morgan fingerprint density at radius 2 is 0.522 bits per heavy atom. The monoisotopic (exact) mass is 710 g/mol. The second kappa shape index (κ2) is 13.0. The number of hydrogen-bond donors (Lipinski definition) is 0. The van der Waals surface area contributed by atoms with E-state index in [9.17, 15) is 0 Å². The third kappa shape index (κ3) is 5.43. The molecule has 0 bridgehead atoms. The number of benzene rings is 8. The van der Waals surface area contributed by atoms with E-state index in [4.69, 9.17) is 0 Å². The van der Waals surface area contributed by atoms with Crippen molar-refractivity contribution >= 4 is 77.0 Å². The summed E-state index contributed by atoms with van der Waals surface area (Å²) in [5.74, 6) is 0. The van der Waals surface area contributed by atoms with Crippen LogP contribution in [0.5, 0.6) is 0 Å². The van der Waals surface area contributed by atoms with Crippen molar-refractivity contribution in [3.63, 3.8) is 0 Å². The molecule has 0 heterocycles. The van der Waals surface area contributed by atoms with Crippen LogP contribution in [0.2, 0.25) is 0 Å². The molecule has 8 aromatic rings. The summed E-state index contributed by atoms with van der Waals surface area (Å²) in [6.45, 7) is 0. The normalized spacial score (nSPS) is 11.4. The SMILES string of the molecule is c1ccc([As](c2ccccc2)c2ccc3ccccc3c2-c2c([As](c3ccccc3)c3ccccc3)ccc3ccccc23)cc1. The van der Waals surface area contributed by atoms with Crippen LogP contribution in [0, 0.1) is 0 Å². The van der Waals surface area contributed by atoms with Gasteiger partial charge in [-0.15, -0.1) is 0 Å². The minimum absolute atomic E-state index is 1.29. The van der Waals surface area contributed by atoms with Crippen LogP contribution >= 0.6 is 0 Å². The molecule has 0 nitrogen and oxygen atoms in total. The molecular weight excluding hydrogens is 678 g/mol. The molecule has 0 aliphatic rings. The summed E-state index contributed by atoms with van der Waals surface area (Å²) in [7, 11) is 0. The van der Waals surface area contributed by atoms with Gasteiger partial charge in [0, 0.05) is 0 Å². The molecular formula is C44H32As2. The van der Waals surface area contributed by atoms with Gasteiger partial charge in [0.25, 0.3) is 0 Å². The molecule has 0 saturated heterocycles. The van der Waals surface area contributed by atoms with Gasteiger partial charge < -0.3 is 0 Å². The molecule has 0 N–H and O–H groups in total. The predicted molar refractivity (Wildman–Crippen MR) is 202 cm³/mol. The molecule has 0 aliphatic carbocycles. The third-order valence-corrected chi connectivity index (χ3v) is 19.0. The van der Waals surface area contributed by atoms with Crippen molar-refractivity contribution in [3.8, 4) is 11.1 Å². The number of fused-ring (bicyclic) bond motifs is 2. The van der Waals surface area contributed by atoms with Gasteiger partial charge in [-0.3, -0.25) is 0 Å². The third-order valence-electron chi connectivity index (χ3n) is 8.60. The first-order chi connectivity index (χ1) is 22.9. The van der Waals surface area contributed by atoms with Crippen LogP contribution in [-0.4, -0.2) is 29.3 Å². The molecule has 8 rings (SSSR count). The molecule has 0 unspecified atom stereocenters. The number of rotatable bonds is 7. The van der Waals surface area contributed by atoms with Gasteiger partial charge in [-0.25, -0.2) is 0 Å². The van der Waals surface area contributed by atoms with Gasteiger partial charge in [0.1, 0.15) is 0 Å². The van der Waals surface area contributed by atoms with E-state index in [0.29, 0.717) is 0 Å². The molecule has 218 valence electrons. The minimum atomic E-state index is -1.99. The van der Waals surface area contributed by atoms with Crippen molar-refractivity contribution in [2.45, 2.75) is 0 Å². The van der Waals surface area contributed by atoms with Gasteiger partial charge in [0.05, 0.1) is 0 Å². The molecule has 46 heavy (non-hydrogen) atoms. The molecule has 0 saturated carbocycles. The zero-order valence-corrected chi connectivity index (χ0v) is 29.1. The molecule has 0 aromatic heterocycles. The van der Waals surface area contributed by atoms with Gasteiger partial charge in [0.15, 0.2) is 0 Å². The summed E-state index contributed by atoms with van der Waals surface area (Å²) in [5, 5.41) is 5.24. The van der Waals surface area contributed by atoms with E-state index in [-0.39, 0.29) is 0 Å². The van der Waals surface area contributed by atoms with Crippen LogP contribution in [0.15, 0.2) is 194 Å². The zero-order chi connectivity index (χ0) is 30.7. The van der Waals surface area contributed by atoms with E-state index < -0.39 is 29.3 Å². The molecule has 0 amide bonds. The fraction of sp³-hybridized carbons (Fsp3) is 0. The van der Waals surface area contributed by atoms with Crippen molar-refractivity contribution in [3.05, 3.63) is 194 Å². The maximum atomic E-state index is 2.46. The van der Waals surface area contributed by atoms with Gasteiger partial charge in [-0.05, 0) is 0 Å². The Balaban J connectivity index is 1.53. The van der Waals surface area contributed by atoms with Gasteiger partial charge in [-0.1, -0.05) is 0 Å². The molecule has 0 spiro atoms. The van der Waals surface area contributed by atoms with E-state index >= 15 is 0 Å². The number of hydrogen-bond acceptors (Lipinski definition) is 0. The van der Waals surface area contributed by atoms with Crippen LogP contribution in [0.25, 0.3) is 32.7 Å². The average Bonchev–Trinajstić information content (AvgIpc) is 3.14. The van der Waals surface area contributed by atoms with Crippen LogP contribution < -0.4 is 26.1 Å². The first kappa shape index (κ1) is 28.8. The second-order valence-electron chi connectivity index (χ2n) is 11.4. The molecule has 0 radical (unpaired) electrons. The van der Waals surface area contributed by atoms with Crippen LogP contribution in [0.4, 0.5) is 0 Å². The van der Waals surface area contributed by atoms with Crippen molar-refractivity contribution in [1.82, 2.24) is 0 Å². The Bertz CT molecular complexity index is 2000. The summed E-state index contributed by atoms with van der Waals surface area (Å²) in [6.07, 6.45) is 0. The topological polar surface area (TPSA) is 0 Å². The van der Waals surface area contributed by atoms with E-state index in [1.165, 1.54) is 58.8 Å². The van der Waals surface area contributed by atoms with Crippen molar-refractivity contribution in [1.29, 1.82) is 0 Å². The van der Waals surface area contributed by atoms with Crippen LogP contribution in [0.1, 0.15) is 0 Å². The summed E-state index contributed by atoms with van der Waals surface area (Å²) in [6, 6.07) is 72.7. The summed E-state index contributed by atoms with van der Waals surface area (Å²) in [5.41, 5.74) is 2.81. The van der Waals surface area contributed by atoms with E-state index in [1.807, 2.05) is 0 Å².